The summed E-state index contributed by atoms with van der Waals surface area (Å²) in [5.41, 5.74) is 6.18. The Bertz CT molecular complexity index is 508. The number of pyridine rings is 1. The number of carbonyl (C=O) groups excluding carboxylic acids is 1. The number of hydrogen-bond donors (Lipinski definition) is 1. The molecule has 2 N–H and O–H groups in total. The van der Waals surface area contributed by atoms with Crippen molar-refractivity contribution in [2.75, 3.05) is 0 Å². The largest absolute Gasteiger partial charge is 0.366 e. The minimum Gasteiger partial charge on any atom is -0.366 e. The monoisotopic (exact) mass is 222 g/mol. The molecule has 15 heavy (non-hydrogen) atoms. The summed E-state index contributed by atoms with van der Waals surface area (Å²) in [6.45, 7) is 0. The Morgan fingerprint density at radius 2 is 2.33 bits per heavy atom. The van der Waals surface area contributed by atoms with Gasteiger partial charge in [0.2, 0.25) is 0 Å². The number of aromatic nitrogens is 3. The van der Waals surface area contributed by atoms with E-state index in [1.807, 2.05) is 0 Å². The van der Waals surface area contributed by atoms with Crippen LogP contribution < -0.4 is 5.73 Å². The van der Waals surface area contributed by atoms with Gasteiger partial charge in [0, 0.05) is 18.5 Å². The van der Waals surface area contributed by atoms with Gasteiger partial charge in [-0.05, 0) is 6.07 Å². The highest BCUT2D eigenvalue weighted by atomic mass is 35.5. The lowest BCUT2D eigenvalue weighted by Gasteiger charge is -1.99. The molecule has 0 fully saturated rings. The van der Waals surface area contributed by atoms with E-state index in [9.17, 15) is 4.79 Å². The fourth-order valence-electron chi connectivity index (χ4n) is 1.13. The van der Waals surface area contributed by atoms with E-state index in [0.29, 0.717) is 10.7 Å². The fourth-order valence-corrected chi connectivity index (χ4v) is 1.29. The second-order valence-corrected chi connectivity index (χ2v) is 3.26. The second kappa shape index (κ2) is 3.70. The average Bonchev–Trinajstić information content (AvgIpc) is 2.66. The van der Waals surface area contributed by atoms with Crippen molar-refractivity contribution in [3.63, 3.8) is 0 Å². The quantitative estimate of drug-likeness (QED) is 0.771. The maximum absolute atomic E-state index is 10.8. The molecule has 0 saturated carbocycles. The predicted molar refractivity (Wildman–Crippen MR) is 54.9 cm³/mol. The standard InChI is InChI=1S/C9H7ClN4O/c10-8-3-7(1-2-12-8)14-5-6(4-13-14)9(11)15/h1-5H,(H2,11,15). The van der Waals surface area contributed by atoms with Crippen LogP contribution in [0.1, 0.15) is 10.4 Å². The average molecular weight is 223 g/mol. The number of halogens is 1. The molecule has 2 aromatic rings. The molecule has 0 unspecified atom stereocenters. The van der Waals surface area contributed by atoms with Crippen LogP contribution in [0.3, 0.4) is 0 Å². The molecule has 0 aromatic carbocycles. The van der Waals surface area contributed by atoms with E-state index < -0.39 is 5.91 Å². The number of primary amides is 1. The van der Waals surface area contributed by atoms with Crippen LogP contribution in [0.2, 0.25) is 5.15 Å². The van der Waals surface area contributed by atoms with Gasteiger partial charge in [0.25, 0.3) is 5.91 Å². The molecule has 0 spiro atoms. The molecule has 5 nitrogen and oxygen atoms in total. The molecule has 2 heterocycles. The Labute approximate surface area is 90.5 Å². The van der Waals surface area contributed by atoms with E-state index >= 15 is 0 Å². The molecule has 76 valence electrons. The van der Waals surface area contributed by atoms with Crippen LogP contribution in [0.15, 0.2) is 30.7 Å². The predicted octanol–water partition coefficient (Wildman–Crippen LogP) is 1.02. The third kappa shape index (κ3) is 1.97. The van der Waals surface area contributed by atoms with Gasteiger partial charge in [-0.25, -0.2) is 9.67 Å². The number of nitrogens with zero attached hydrogens (tertiary/aromatic N) is 3. The molecular weight excluding hydrogens is 216 g/mol. The molecule has 2 rings (SSSR count). The molecule has 0 saturated heterocycles. The first kappa shape index (κ1) is 9.67. The molecule has 0 bridgehead atoms. The molecule has 0 aliphatic heterocycles. The number of rotatable bonds is 2. The summed E-state index contributed by atoms with van der Waals surface area (Å²) >= 11 is 5.72. The molecule has 0 aliphatic rings. The Morgan fingerprint density at radius 1 is 1.53 bits per heavy atom. The number of amides is 1. The Morgan fingerprint density at radius 3 is 2.93 bits per heavy atom. The Kier molecular flexibility index (Phi) is 2.39. The first-order valence-electron chi connectivity index (χ1n) is 4.13. The van der Waals surface area contributed by atoms with Gasteiger partial charge in [-0.3, -0.25) is 4.79 Å². The molecule has 1 amide bonds. The molecule has 2 aromatic heterocycles. The van der Waals surface area contributed by atoms with Crippen LogP contribution in [-0.2, 0) is 0 Å². The molecule has 0 atom stereocenters. The van der Waals surface area contributed by atoms with Gasteiger partial charge in [-0.2, -0.15) is 5.10 Å². The lowest BCUT2D eigenvalue weighted by atomic mass is 10.3. The van der Waals surface area contributed by atoms with Gasteiger partial charge < -0.3 is 5.73 Å². The zero-order valence-corrected chi connectivity index (χ0v) is 8.35. The van der Waals surface area contributed by atoms with E-state index in [4.69, 9.17) is 17.3 Å². The van der Waals surface area contributed by atoms with Crippen molar-refractivity contribution >= 4 is 17.5 Å². The van der Waals surface area contributed by atoms with Gasteiger partial charge in [-0.1, -0.05) is 11.6 Å². The van der Waals surface area contributed by atoms with Crippen molar-refractivity contribution in [2.24, 2.45) is 5.73 Å². The third-order valence-corrected chi connectivity index (χ3v) is 2.05. The summed E-state index contributed by atoms with van der Waals surface area (Å²) < 4.78 is 1.51. The number of nitrogens with two attached hydrogens (primary N) is 1. The van der Waals surface area contributed by atoms with Crippen LogP contribution in [0, 0.1) is 0 Å². The Hall–Kier alpha value is -1.88. The lowest BCUT2D eigenvalue weighted by Crippen LogP contribution is -2.09. The lowest BCUT2D eigenvalue weighted by molar-refractivity contribution is 0.100. The van der Waals surface area contributed by atoms with Crippen LogP contribution in [-0.4, -0.2) is 20.7 Å². The van der Waals surface area contributed by atoms with Crippen molar-refractivity contribution < 1.29 is 4.79 Å². The summed E-state index contributed by atoms with van der Waals surface area (Å²) in [5, 5.41) is 4.34. The minimum absolute atomic E-state index is 0.350. The normalized spacial score (nSPS) is 10.2. The summed E-state index contributed by atoms with van der Waals surface area (Å²) in [6.07, 6.45) is 4.49. The highest BCUT2D eigenvalue weighted by Gasteiger charge is 2.05. The minimum atomic E-state index is -0.513. The molecular formula is C9H7ClN4O. The fraction of sp³-hybridized carbons (Fsp3) is 0. The summed E-state index contributed by atoms with van der Waals surface area (Å²) in [6, 6.07) is 3.36. The SMILES string of the molecule is NC(=O)c1cnn(-c2ccnc(Cl)c2)c1. The van der Waals surface area contributed by atoms with E-state index in [1.165, 1.54) is 17.1 Å². The maximum Gasteiger partial charge on any atom is 0.251 e. The molecule has 6 heteroatoms. The zero-order valence-electron chi connectivity index (χ0n) is 7.59. The van der Waals surface area contributed by atoms with Gasteiger partial charge in [0.1, 0.15) is 5.15 Å². The molecule has 0 radical (unpaired) electrons. The first-order valence-corrected chi connectivity index (χ1v) is 4.51. The molecule has 0 aliphatic carbocycles. The van der Waals surface area contributed by atoms with E-state index in [0.717, 1.165) is 5.69 Å². The van der Waals surface area contributed by atoms with Gasteiger partial charge in [0.15, 0.2) is 0 Å². The van der Waals surface area contributed by atoms with Gasteiger partial charge in [0.05, 0.1) is 17.4 Å². The highest BCUT2D eigenvalue weighted by molar-refractivity contribution is 6.29. The third-order valence-electron chi connectivity index (χ3n) is 1.84. The van der Waals surface area contributed by atoms with Crippen molar-refractivity contribution in [2.45, 2.75) is 0 Å². The number of carbonyl (C=O) groups is 1. The number of hydrogen-bond acceptors (Lipinski definition) is 3. The summed E-state index contributed by atoms with van der Waals surface area (Å²) in [7, 11) is 0. The van der Waals surface area contributed by atoms with E-state index in [2.05, 4.69) is 10.1 Å². The zero-order chi connectivity index (χ0) is 10.8. The van der Waals surface area contributed by atoms with Crippen LogP contribution in [0.25, 0.3) is 5.69 Å². The Balaban J connectivity index is 2.41. The highest BCUT2D eigenvalue weighted by Crippen LogP contribution is 2.11. The first-order chi connectivity index (χ1) is 7.16. The van der Waals surface area contributed by atoms with Crippen molar-refractivity contribution in [1.82, 2.24) is 14.8 Å². The van der Waals surface area contributed by atoms with Crippen molar-refractivity contribution in [1.29, 1.82) is 0 Å². The van der Waals surface area contributed by atoms with Crippen LogP contribution in [0.4, 0.5) is 0 Å². The van der Waals surface area contributed by atoms with Crippen molar-refractivity contribution in [3.05, 3.63) is 41.4 Å². The second-order valence-electron chi connectivity index (χ2n) is 2.87. The smallest absolute Gasteiger partial charge is 0.251 e. The van der Waals surface area contributed by atoms with Gasteiger partial charge in [-0.15, -0.1) is 0 Å². The van der Waals surface area contributed by atoms with Crippen LogP contribution >= 0.6 is 11.6 Å². The van der Waals surface area contributed by atoms with Crippen molar-refractivity contribution in [3.8, 4) is 5.69 Å². The van der Waals surface area contributed by atoms with Crippen LogP contribution in [0.5, 0.6) is 0 Å². The maximum atomic E-state index is 10.8. The summed E-state index contributed by atoms with van der Waals surface area (Å²) in [5.74, 6) is -0.513. The van der Waals surface area contributed by atoms with E-state index in [1.54, 1.807) is 18.3 Å². The topological polar surface area (TPSA) is 73.8 Å². The van der Waals surface area contributed by atoms with E-state index in [-0.39, 0.29) is 0 Å². The van der Waals surface area contributed by atoms with Gasteiger partial charge >= 0.3 is 0 Å². The summed E-state index contributed by atoms with van der Waals surface area (Å²) in [4.78, 5) is 14.7.